The van der Waals surface area contributed by atoms with E-state index in [0.717, 1.165) is 5.57 Å². The number of nitrogens with one attached hydrogen (secondary N) is 1. The van der Waals surface area contributed by atoms with Gasteiger partial charge in [-0.3, -0.25) is 19.3 Å². The topological polar surface area (TPSA) is 75.7 Å². The number of amides is 3. The van der Waals surface area contributed by atoms with E-state index >= 15 is 0 Å². The van der Waals surface area contributed by atoms with Gasteiger partial charge >= 0.3 is 0 Å². The highest BCUT2D eigenvalue weighted by atomic mass is 16.5. The minimum atomic E-state index is -0.314. The molecule has 29 heavy (non-hydrogen) atoms. The third-order valence-electron chi connectivity index (χ3n) is 5.54. The average molecular weight is 390 g/mol. The second kappa shape index (κ2) is 7.54. The molecule has 0 aromatic heterocycles. The normalized spacial score (nSPS) is 20.9. The highest BCUT2D eigenvalue weighted by Gasteiger charge is 2.48. The largest absolute Gasteiger partial charge is 0.497 e. The second-order valence-corrected chi connectivity index (χ2v) is 7.45. The van der Waals surface area contributed by atoms with Crippen LogP contribution in [0.3, 0.4) is 0 Å². The van der Waals surface area contributed by atoms with Gasteiger partial charge in [0.1, 0.15) is 5.75 Å². The third-order valence-corrected chi connectivity index (χ3v) is 5.54. The maximum Gasteiger partial charge on any atom is 0.255 e. The lowest BCUT2D eigenvalue weighted by molar-refractivity contribution is -0.122. The monoisotopic (exact) mass is 390 g/mol. The summed E-state index contributed by atoms with van der Waals surface area (Å²) in [6.07, 6.45) is 3.24. The predicted molar refractivity (Wildman–Crippen MR) is 110 cm³/mol. The molecular formula is C23H22N2O4. The van der Waals surface area contributed by atoms with Crippen LogP contribution in [0.4, 0.5) is 11.4 Å². The van der Waals surface area contributed by atoms with Crippen molar-refractivity contribution in [3.8, 4) is 5.75 Å². The number of imide groups is 1. The molecular weight excluding hydrogens is 368 g/mol. The highest BCUT2D eigenvalue weighted by Crippen LogP contribution is 2.39. The van der Waals surface area contributed by atoms with E-state index < -0.39 is 0 Å². The van der Waals surface area contributed by atoms with Crippen molar-refractivity contribution in [1.82, 2.24) is 0 Å². The first kappa shape index (κ1) is 18.9. The van der Waals surface area contributed by atoms with Gasteiger partial charge in [-0.05, 0) is 62.2 Å². The zero-order chi connectivity index (χ0) is 20.5. The smallest absolute Gasteiger partial charge is 0.255 e. The molecule has 3 amide bonds. The van der Waals surface area contributed by atoms with E-state index in [1.807, 2.05) is 13.0 Å². The Morgan fingerprint density at radius 1 is 1.07 bits per heavy atom. The molecule has 0 spiro atoms. The van der Waals surface area contributed by atoms with Gasteiger partial charge in [-0.15, -0.1) is 0 Å². The Hall–Kier alpha value is -3.41. The average Bonchev–Trinajstić information content (AvgIpc) is 2.98. The molecule has 1 saturated heterocycles. The van der Waals surface area contributed by atoms with E-state index in [9.17, 15) is 14.4 Å². The molecule has 0 radical (unpaired) electrons. The predicted octanol–water partition coefficient (Wildman–Crippen LogP) is 3.79. The second-order valence-electron chi connectivity index (χ2n) is 7.45. The molecule has 2 aromatic carbocycles. The van der Waals surface area contributed by atoms with E-state index in [-0.39, 0.29) is 29.6 Å². The molecule has 0 saturated carbocycles. The minimum Gasteiger partial charge on any atom is -0.497 e. The number of anilines is 2. The van der Waals surface area contributed by atoms with Gasteiger partial charge in [0.25, 0.3) is 5.91 Å². The summed E-state index contributed by atoms with van der Waals surface area (Å²) in [6.45, 7) is 1.99. The van der Waals surface area contributed by atoms with Crippen LogP contribution in [-0.2, 0) is 9.59 Å². The number of allylic oxidation sites excluding steroid dienone is 2. The molecule has 148 valence electrons. The van der Waals surface area contributed by atoms with Crippen LogP contribution in [0.1, 0.15) is 30.1 Å². The van der Waals surface area contributed by atoms with Gasteiger partial charge in [0, 0.05) is 11.3 Å². The summed E-state index contributed by atoms with van der Waals surface area (Å²) in [4.78, 5) is 39.6. The lowest BCUT2D eigenvalue weighted by Crippen LogP contribution is -2.31. The number of ether oxygens (including phenoxy) is 1. The standard InChI is InChI=1S/C23H22N2O4/c1-14-6-11-19-20(12-14)23(28)25(22(19)27)17-5-3-4-15(13-17)21(26)24-16-7-9-18(29-2)10-8-16/h3-10,13,19-20H,11-12H2,1-2H3,(H,24,26). The summed E-state index contributed by atoms with van der Waals surface area (Å²) < 4.78 is 5.11. The number of methoxy groups -OCH3 is 1. The number of carbonyl (C=O) groups is 3. The fourth-order valence-electron chi connectivity index (χ4n) is 3.96. The quantitative estimate of drug-likeness (QED) is 0.637. The minimum absolute atomic E-state index is 0.180. The fourth-order valence-corrected chi connectivity index (χ4v) is 3.96. The zero-order valence-electron chi connectivity index (χ0n) is 16.3. The number of hydrogen-bond donors (Lipinski definition) is 1. The van der Waals surface area contributed by atoms with E-state index in [1.54, 1.807) is 55.6 Å². The maximum absolute atomic E-state index is 12.9. The van der Waals surface area contributed by atoms with Crippen LogP contribution < -0.4 is 15.0 Å². The van der Waals surface area contributed by atoms with E-state index in [1.165, 1.54) is 4.90 Å². The Morgan fingerprint density at radius 2 is 1.79 bits per heavy atom. The summed E-state index contributed by atoms with van der Waals surface area (Å²) in [5.74, 6) is -0.586. The molecule has 2 aliphatic rings. The van der Waals surface area contributed by atoms with Crippen molar-refractivity contribution >= 4 is 29.1 Å². The molecule has 0 bridgehead atoms. The Bertz CT molecular complexity index is 1010. The summed E-state index contributed by atoms with van der Waals surface area (Å²) in [5.41, 5.74) is 2.58. The van der Waals surface area contributed by atoms with Crippen molar-refractivity contribution < 1.29 is 19.1 Å². The van der Waals surface area contributed by atoms with Gasteiger partial charge < -0.3 is 10.1 Å². The van der Waals surface area contributed by atoms with Crippen molar-refractivity contribution in [3.63, 3.8) is 0 Å². The Labute approximate surface area is 169 Å². The van der Waals surface area contributed by atoms with Crippen molar-refractivity contribution in [2.45, 2.75) is 19.8 Å². The summed E-state index contributed by atoms with van der Waals surface area (Å²) in [6, 6.07) is 13.6. The van der Waals surface area contributed by atoms with Crippen molar-refractivity contribution in [3.05, 3.63) is 65.7 Å². The summed E-state index contributed by atoms with van der Waals surface area (Å²) >= 11 is 0. The zero-order valence-corrected chi connectivity index (χ0v) is 16.3. The van der Waals surface area contributed by atoms with Crippen molar-refractivity contribution in [2.24, 2.45) is 11.8 Å². The number of nitrogens with zero attached hydrogens (tertiary/aromatic N) is 1. The first-order valence-electron chi connectivity index (χ1n) is 9.57. The van der Waals surface area contributed by atoms with Gasteiger partial charge in [0.05, 0.1) is 24.6 Å². The molecule has 2 atom stereocenters. The molecule has 1 N–H and O–H groups in total. The molecule has 1 fully saturated rings. The van der Waals surface area contributed by atoms with Crippen LogP contribution >= 0.6 is 0 Å². The lowest BCUT2D eigenvalue weighted by Gasteiger charge is -2.18. The molecule has 2 unspecified atom stereocenters. The first-order valence-corrected chi connectivity index (χ1v) is 9.57. The summed E-state index contributed by atoms with van der Waals surface area (Å²) in [5, 5.41) is 2.81. The Kier molecular flexibility index (Phi) is 4.92. The lowest BCUT2D eigenvalue weighted by atomic mass is 9.82. The Balaban J connectivity index is 1.55. The van der Waals surface area contributed by atoms with Gasteiger partial charge in [0.15, 0.2) is 0 Å². The highest BCUT2D eigenvalue weighted by molar-refractivity contribution is 6.22. The molecule has 1 aliphatic carbocycles. The van der Waals surface area contributed by atoms with Crippen LogP contribution in [-0.4, -0.2) is 24.8 Å². The molecule has 1 aliphatic heterocycles. The number of rotatable bonds is 4. The van der Waals surface area contributed by atoms with Crippen LogP contribution in [0, 0.1) is 11.8 Å². The van der Waals surface area contributed by atoms with E-state index in [2.05, 4.69) is 5.32 Å². The van der Waals surface area contributed by atoms with Crippen LogP contribution in [0.2, 0.25) is 0 Å². The number of carbonyl (C=O) groups excluding carboxylic acids is 3. The SMILES string of the molecule is COc1ccc(NC(=O)c2cccc(N3C(=O)C4CC=C(C)CC4C3=O)c2)cc1. The van der Waals surface area contributed by atoms with Crippen molar-refractivity contribution in [2.75, 3.05) is 17.3 Å². The molecule has 6 heteroatoms. The van der Waals surface area contributed by atoms with Gasteiger partial charge in [-0.25, -0.2) is 0 Å². The molecule has 4 rings (SSSR count). The molecule has 1 heterocycles. The maximum atomic E-state index is 12.9. The van der Waals surface area contributed by atoms with Gasteiger partial charge in [-0.1, -0.05) is 17.7 Å². The fraction of sp³-hybridized carbons (Fsp3) is 0.261. The molecule has 6 nitrogen and oxygen atoms in total. The van der Waals surface area contributed by atoms with Crippen LogP contribution in [0.15, 0.2) is 60.2 Å². The first-order chi connectivity index (χ1) is 14.0. The van der Waals surface area contributed by atoms with Crippen LogP contribution in [0.5, 0.6) is 5.75 Å². The Morgan fingerprint density at radius 3 is 2.52 bits per heavy atom. The number of hydrogen-bond acceptors (Lipinski definition) is 4. The summed E-state index contributed by atoms with van der Waals surface area (Å²) in [7, 11) is 1.58. The molecule has 2 aromatic rings. The van der Waals surface area contributed by atoms with Crippen molar-refractivity contribution in [1.29, 1.82) is 0 Å². The van der Waals surface area contributed by atoms with Gasteiger partial charge in [0.2, 0.25) is 11.8 Å². The number of fused-ring (bicyclic) bond motifs is 1. The third kappa shape index (κ3) is 3.53. The van der Waals surface area contributed by atoms with Crippen LogP contribution in [0.25, 0.3) is 0 Å². The van der Waals surface area contributed by atoms with Gasteiger partial charge in [-0.2, -0.15) is 0 Å². The van der Waals surface area contributed by atoms with E-state index in [0.29, 0.717) is 35.5 Å². The number of benzene rings is 2. The van der Waals surface area contributed by atoms with E-state index in [4.69, 9.17) is 4.74 Å².